The van der Waals surface area contributed by atoms with Crippen molar-refractivity contribution in [1.82, 2.24) is 10.2 Å². The van der Waals surface area contributed by atoms with E-state index in [0.29, 0.717) is 19.4 Å². The number of carbonyl (C=O) groups is 1. The molecule has 1 N–H and O–H groups in total. The molecular formula is C12H21N3O. The maximum atomic E-state index is 11.7. The molecule has 1 saturated carbocycles. The summed E-state index contributed by atoms with van der Waals surface area (Å²) in [5.74, 6) is -0.0955. The zero-order valence-electron chi connectivity index (χ0n) is 10.6. The largest absolute Gasteiger partial charge is 0.354 e. The highest BCUT2D eigenvalue weighted by Gasteiger charge is 2.50. The van der Waals surface area contributed by atoms with Crippen molar-refractivity contribution in [2.45, 2.75) is 26.7 Å². The second-order valence-electron chi connectivity index (χ2n) is 5.78. The van der Waals surface area contributed by atoms with Crippen LogP contribution in [0.1, 0.15) is 26.7 Å². The molecule has 0 bridgehead atoms. The number of nitrogens with zero attached hydrogens (tertiary/aromatic N) is 2. The van der Waals surface area contributed by atoms with Gasteiger partial charge in [-0.25, -0.2) is 0 Å². The Morgan fingerprint density at radius 2 is 2.06 bits per heavy atom. The van der Waals surface area contributed by atoms with E-state index in [-0.39, 0.29) is 11.3 Å². The van der Waals surface area contributed by atoms with E-state index in [2.05, 4.69) is 30.1 Å². The fourth-order valence-corrected chi connectivity index (χ4v) is 1.92. The van der Waals surface area contributed by atoms with Crippen molar-refractivity contribution in [3.8, 4) is 6.07 Å². The van der Waals surface area contributed by atoms with E-state index >= 15 is 0 Å². The third-order valence-electron chi connectivity index (χ3n) is 2.87. The van der Waals surface area contributed by atoms with Crippen LogP contribution >= 0.6 is 0 Å². The van der Waals surface area contributed by atoms with E-state index < -0.39 is 5.41 Å². The van der Waals surface area contributed by atoms with Crippen molar-refractivity contribution in [3.05, 3.63) is 0 Å². The standard InChI is InChI=1S/C12H21N3O/c1-11(2,9-15(3)4)8-14-10(16)12(7-13)5-6-12/h5-6,8-9H2,1-4H3,(H,14,16). The normalized spacial score (nSPS) is 18.0. The predicted octanol–water partition coefficient (Wildman–Crippen LogP) is 0.994. The Bertz CT molecular complexity index is 311. The van der Waals surface area contributed by atoms with E-state index in [0.717, 1.165) is 6.54 Å². The molecule has 0 heterocycles. The van der Waals surface area contributed by atoms with Gasteiger partial charge in [-0.3, -0.25) is 4.79 Å². The smallest absolute Gasteiger partial charge is 0.240 e. The van der Waals surface area contributed by atoms with Crippen LogP contribution in [0.15, 0.2) is 0 Å². The molecule has 1 aliphatic rings. The topological polar surface area (TPSA) is 56.1 Å². The molecule has 1 rings (SSSR count). The van der Waals surface area contributed by atoms with Gasteiger partial charge in [0.25, 0.3) is 0 Å². The second kappa shape index (κ2) is 4.42. The van der Waals surface area contributed by atoms with E-state index in [1.54, 1.807) is 0 Å². The zero-order chi connectivity index (χ0) is 12.4. The molecule has 0 aromatic heterocycles. The molecule has 1 aliphatic carbocycles. The number of hydrogen-bond donors (Lipinski definition) is 1. The molecule has 1 amide bonds. The molecule has 4 nitrogen and oxygen atoms in total. The lowest BCUT2D eigenvalue weighted by Gasteiger charge is -2.28. The number of carbonyl (C=O) groups excluding carboxylic acids is 1. The summed E-state index contributed by atoms with van der Waals surface area (Å²) in [6.45, 7) is 5.75. The highest BCUT2D eigenvalue weighted by Crippen LogP contribution is 2.45. The van der Waals surface area contributed by atoms with Crippen LogP contribution in [0.4, 0.5) is 0 Å². The summed E-state index contributed by atoms with van der Waals surface area (Å²) < 4.78 is 0. The van der Waals surface area contributed by atoms with Gasteiger partial charge >= 0.3 is 0 Å². The summed E-state index contributed by atoms with van der Waals surface area (Å²) in [7, 11) is 4.03. The maximum absolute atomic E-state index is 11.7. The SMILES string of the molecule is CN(C)CC(C)(C)CNC(=O)C1(C#N)CC1. The Kier molecular flexibility index (Phi) is 3.59. The number of hydrogen-bond acceptors (Lipinski definition) is 3. The van der Waals surface area contributed by atoms with Crippen molar-refractivity contribution < 1.29 is 4.79 Å². The quantitative estimate of drug-likeness (QED) is 0.756. The maximum Gasteiger partial charge on any atom is 0.240 e. The van der Waals surface area contributed by atoms with E-state index in [1.165, 1.54) is 0 Å². The van der Waals surface area contributed by atoms with E-state index in [9.17, 15) is 4.79 Å². The molecule has 16 heavy (non-hydrogen) atoms. The number of nitriles is 1. The first-order chi connectivity index (χ1) is 7.31. The summed E-state index contributed by atoms with van der Waals surface area (Å²) in [6, 6.07) is 2.11. The molecule has 0 aromatic rings. The van der Waals surface area contributed by atoms with Crippen LogP contribution in [0, 0.1) is 22.2 Å². The van der Waals surface area contributed by atoms with Gasteiger partial charge in [-0.1, -0.05) is 13.8 Å². The predicted molar refractivity (Wildman–Crippen MR) is 62.6 cm³/mol. The average Bonchev–Trinajstić information content (AvgIpc) is 2.93. The summed E-state index contributed by atoms with van der Waals surface area (Å²) in [5.41, 5.74) is -0.668. The molecule has 4 heteroatoms. The van der Waals surface area contributed by atoms with Gasteiger partial charge in [0.1, 0.15) is 5.41 Å². The van der Waals surface area contributed by atoms with Crippen molar-refractivity contribution >= 4 is 5.91 Å². The number of amides is 1. The first kappa shape index (κ1) is 13.0. The fraction of sp³-hybridized carbons (Fsp3) is 0.833. The van der Waals surface area contributed by atoms with Crippen LogP contribution in [-0.4, -0.2) is 38.0 Å². The molecule has 0 radical (unpaired) electrons. The van der Waals surface area contributed by atoms with E-state index in [1.807, 2.05) is 14.1 Å². The first-order valence-electron chi connectivity index (χ1n) is 5.66. The Morgan fingerprint density at radius 3 is 2.44 bits per heavy atom. The molecule has 0 unspecified atom stereocenters. The van der Waals surface area contributed by atoms with Crippen LogP contribution in [0.5, 0.6) is 0 Å². The first-order valence-corrected chi connectivity index (χ1v) is 5.66. The van der Waals surface area contributed by atoms with Gasteiger partial charge in [-0.15, -0.1) is 0 Å². The number of rotatable bonds is 5. The van der Waals surface area contributed by atoms with Crippen LogP contribution in [0.2, 0.25) is 0 Å². The van der Waals surface area contributed by atoms with Gasteiger partial charge in [0.15, 0.2) is 0 Å². The number of nitrogens with one attached hydrogen (secondary N) is 1. The molecule has 1 fully saturated rings. The van der Waals surface area contributed by atoms with Crippen LogP contribution in [-0.2, 0) is 4.79 Å². The van der Waals surface area contributed by atoms with Crippen molar-refractivity contribution in [2.75, 3.05) is 27.2 Å². The Morgan fingerprint density at radius 1 is 1.50 bits per heavy atom. The summed E-state index contributed by atoms with van der Waals surface area (Å²) in [6.07, 6.45) is 1.42. The Hall–Kier alpha value is -1.08. The minimum Gasteiger partial charge on any atom is -0.354 e. The highest BCUT2D eigenvalue weighted by atomic mass is 16.2. The summed E-state index contributed by atoms with van der Waals surface area (Å²) in [5, 5.41) is 11.8. The summed E-state index contributed by atoms with van der Waals surface area (Å²) in [4.78, 5) is 13.8. The summed E-state index contributed by atoms with van der Waals surface area (Å²) >= 11 is 0. The molecule has 0 spiro atoms. The Balaban J connectivity index is 2.40. The van der Waals surface area contributed by atoms with E-state index in [4.69, 9.17) is 5.26 Å². The van der Waals surface area contributed by atoms with Crippen molar-refractivity contribution in [2.24, 2.45) is 10.8 Å². The molecule has 0 saturated heterocycles. The van der Waals surface area contributed by atoms with Crippen LogP contribution < -0.4 is 5.32 Å². The van der Waals surface area contributed by atoms with Gasteiger partial charge in [-0.2, -0.15) is 5.26 Å². The molecule has 0 atom stereocenters. The molecule has 0 aromatic carbocycles. The minimum absolute atomic E-state index is 0.0324. The highest BCUT2D eigenvalue weighted by molar-refractivity contribution is 5.88. The van der Waals surface area contributed by atoms with Gasteiger partial charge in [0.2, 0.25) is 5.91 Å². The monoisotopic (exact) mass is 223 g/mol. The van der Waals surface area contributed by atoms with Crippen molar-refractivity contribution in [1.29, 1.82) is 5.26 Å². The van der Waals surface area contributed by atoms with Crippen LogP contribution in [0.25, 0.3) is 0 Å². The lowest BCUT2D eigenvalue weighted by molar-refractivity contribution is -0.124. The zero-order valence-corrected chi connectivity index (χ0v) is 10.6. The fourth-order valence-electron chi connectivity index (χ4n) is 1.92. The Labute approximate surface area is 97.6 Å². The average molecular weight is 223 g/mol. The van der Waals surface area contributed by atoms with Gasteiger partial charge < -0.3 is 10.2 Å². The lowest BCUT2D eigenvalue weighted by Crippen LogP contribution is -2.42. The van der Waals surface area contributed by atoms with Gasteiger partial charge in [0.05, 0.1) is 6.07 Å². The second-order valence-corrected chi connectivity index (χ2v) is 5.78. The lowest BCUT2D eigenvalue weighted by atomic mass is 9.92. The molecular weight excluding hydrogens is 202 g/mol. The van der Waals surface area contributed by atoms with Gasteiger partial charge in [0, 0.05) is 13.1 Å². The molecule has 0 aliphatic heterocycles. The third-order valence-corrected chi connectivity index (χ3v) is 2.87. The van der Waals surface area contributed by atoms with Crippen molar-refractivity contribution in [3.63, 3.8) is 0 Å². The molecule has 90 valence electrons. The third kappa shape index (κ3) is 3.21. The van der Waals surface area contributed by atoms with Gasteiger partial charge in [-0.05, 0) is 32.4 Å². The minimum atomic E-state index is -0.700. The van der Waals surface area contributed by atoms with Crippen LogP contribution in [0.3, 0.4) is 0 Å².